The fourth-order valence-electron chi connectivity index (χ4n) is 3.91. The van der Waals surface area contributed by atoms with E-state index in [0.717, 1.165) is 16.5 Å². The van der Waals surface area contributed by atoms with Crippen molar-refractivity contribution in [2.24, 2.45) is 0 Å². The number of hydrogen-bond acceptors (Lipinski definition) is 6. The van der Waals surface area contributed by atoms with Crippen LogP contribution in [0.25, 0.3) is 10.8 Å². The van der Waals surface area contributed by atoms with Crippen molar-refractivity contribution in [3.63, 3.8) is 0 Å². The average Bonchev–Trinajstić information content (AvgIpc) is 2.91. The number of fused-ring (bicyclic) bond motifs is 1. The highest BCUT2D eigenvalue weighted by atomic mass is 16.6. The van der Waals surface area contributed by atoms with Gasteiger partial charge in [-0.1, -0.05) is 53.7 Å². The molecule has 0 radical (unpaired) electrons. The summed E-state index contributed by atoms with van der Waals surface area (Å²) in [6.07, 6.45) is 3.41. The number of benzene rings is 1. The van der Waals surface area contributed by atoms with Gasteiger partial charge in [0.15, 0.2) is 0 Å². The highest BCUT2D eigenvalue weighted by Gasteiger charge is 2.28. The predicted molar refractivity (Wildman–Crippen MR) is 151 cm³/mol. The number of urea groups is 1. The first-order valence-corrected chi connectivity index (χ1v) is 13.4. The van der Waals surface area contributed by atoms with Crippen LogP contribution in [0.5, 0.6) is 0 Å². The first kappa shape index (κ1) is 31.7. The van der Waals surface area contributed by atoms with Gasteiger partial charge in [0, 0.05) is 61.8 Å². The monoisotopic (exact) mass is 515 g/mol. The fraction of sp³-hybridized carbons (Fsp3) is 0.571. The standard InChI is InChI=1S/C22H27N5O4.3C2H6/c1-22(2,3)31-21(30)26-11-9-25(10-12-26)17-6-4-5-15-16(17)13-23-14-18(15)27-8-7-19(28)24-20(27)29;3*1-2/h4-6,13-14H,7-12H2,1-3H3,(H,24,28,29);3*1-2H3. The molecule has 4 rings (SSSR count). The van der Waals surface area contributed by atoms with Crippen molar-refractivity contribution < 1.29 is 19.1 Å². The van der Waals surface area contributed by atoms with E-state index >= 15 is 0 Å². The van der Waals surface area contributed by atoms with E-state index in [9.17, 15) is 14.4 Å². The lowest BCUT2D eigenvalue weighted by molar-refractivity contribution is -0.120. The van der Waals surface area contributed by atoms with E-state index in [-0.39, 0.29) is 18.4 Å². The van der Waals surface area contributed by atoms with Crippen molar-refractivity contribution in [1.82, 2.24) is 15.2 Å². The Labute approximate surface area is 222 Å². The zero-order chi connectivity index (χ0) is 28.2. The summed E-state index contributed by atoms with van der Waals surface area (Å²) in [7, 11) is 0. The molecule has 2 fully saturated rings. The number of nitrogens with zero attached hydrogens (tertiary/aromatic N) is 4. The van der Waals surface area contributed by atoms with Crippen LogP contribution in [0.4, 0.5) is 21.0 Å². The Balaban J connectivity index is 0.00000106. The van der Waals surface area contributed by atoms with Crippen molar-refractivity contribution in [3.05, 3.63) is 30.6 Å². The van der Waals surface area contributed by atoms with Crippen molar-refractivity contribution in [2.75, 3.05) is 42.5 Å². The third-order valence-electron chi connectivity index (χ3n) is 5.38. The van der Waals surface area contributed by atoms with Crippen LogP contribution >= 0.6 is 0 Å². The third kappa shape index (κ3) is 8.33. The molecular weight excluding hydrogens is 470 g/mol. The normalized spacial score (nSPS) is 15.3. The Morgan fingerprint density at radius 2 is 1.49 bits per heavy atom. The van der Waals surface area contributed by atoms with Crippen LogP contribution in [-0.4, -0.2) is 66.2 Å². The summed E-state index contributed by atoms with van der Waals surface area (Å²) in [5.41, 5.74) is 1.16. The lowest BCUT2D eigenvalue weighted by atomic mass is 10.1. The van der Waals surface area contributed by atoms with Crippen molar-refractivity contribution in [3.8, 4) is 0 Å². The van der Waals surface area contributed by atoms with Crippen LogP contribution in [0.1, 0.15) is 68.7 Å². The van der Waals surface area contributed by atoms with Gasteiger partial charge in [-0.3, -0.25) is 20.0 Å². The molecular formula is C28H45N5O4. The molecule has 0 atom stereocenters. The summed E-state index contributed by atoms with van der Waals surface area (Å²) in [5.74, 6) is -0.266. The van der Waals surface area contributed by atoms with Gasteiger partial charge in [0.05, 0.1) is 11.9 Å². The van der Waals surface area contributed by atoms with E-state index in [2.05, 4.69) is 15.2 Å². The van der Waals surface area contributed by atoms with Crippen LogP contribution in [0, 0.1) is 0 Å². The number of rotatable bonds is 2. The molecule has 1 aromatic heterocycles. The van der Waals surface area contributed by atoms with Gasteiger partial charge >= 0.3 is 12.1 Å². The maximum atomic E-state index is 12.4. The first-order chi connectivity index (χ1) is 17.7. The molecule has 0 bridgehead atoms. The van der Waals surface area contributed by atoms with Crippen molar-refractivity contribution in [1.29, 1.82) is 0 Å². The molecule has 3 heterocycles. The summed E-state index contributed by atoms with van der Waals surface area (Å²) in [6, 6.07) is 5.50. The smallest absolute Gasteiger partial charge is 0.410 e. The van der Waals surface area contributed by atoms with Gasteiger partial charge in [0.1, 0.15) is 5.60 Å². The second-order valence-corrected chi connectivity index (χ2v) is 8.74. The van der Waals surface area contributed by atoms with Gasteiger partial charge in [-0.25, -0.2) is 9.59 Å². The van der Waals surface area contributed by atoms with Gasteiger partial charge in [0.25, 0.3) is 0 Å². The Hall–Kier alpha value is -3.36. The molecule has 1 N–H and O–H groups in total. The molecule has 2 saturated heterocycles. The number of hydrogen-bond donors (Lipinski definition) is 1. The fourth-order valence-corrected chi connectivity index (χ4v) is 3.91. The lowest BCUT2D eigenvalue weighted by Crippen LogP contribution is -2.50. The van der Waals surface area contributed by atoms with Gasteiger partial charge in [-0.2, -0.15) is 0 Å². The highest BCUT2D eigenvalue weighted by molar-refractivity contribution is 6.11. The summed E-state index contributed by atoms with van der Waals surface area (Å²) in [4.78, 5) is 46.1. The summed E-state index contributed by atoms with van der Waals surface area (Å²) >= 11 is 0. The van der Waals surface area contributed by atoms with Gasteiger partial charge < -0.3 is 14.5 Å². The number of anilines is 2. The molecule has 2 aromatic rings. The Morgan fingerprint density at radius 1 is 0.865 bits per heavy atom. The molecule has 9 heteroatoms. The molecule has 9 nitrogen and oxygen atoms in total. The first-order valence-electron chi connectivity index (χ1n) is 13.4. The van der Waals surface area contributed by atoms with E-state index in [4.69, 9.17) is 4.74 Å². The number of carbonyl (C=O) groups is 3. The molecule has 0 spiro atoms. The summed E-state index contributed by atoms with van der Waals surface area (Å²) in [6.45, 7) is 20.4. The molecule has 0 aliphatic carbocycles. The van der Waals surface area contributed by atoms with Crippen LogP contribution in [0.2, 0.25) is 0 Å². The summed E-state index contributed by atoms with van der Waals surface area (Å²) < 4.78 is 5.48. The van der Waals surface area contributed by atoms with Gasteiger partial charge in [0.2, 0.25) is 5.91 Å². The minimum absolute atomic E-state index is 0.258. The van der Waals surface area contributed by atoms with Gasteiger partial charge in [-0.15, -0.1) is 0 Å². The number of carbonyl (C=O) groups excluding carboxylic acids is 3. The zero-order valence-corrected chi connectivity index (χ0v) is 24.1. The van der Waals surface area contributed by atoms with Crippen molar-refractivity contribution in [2.45, 2.75) is 74.3 Å². The predicted octanol–water partition coefficient (Wildman–Crippen LogP) is 5.82. The third-order valence-corrected chi connectivity index (χ3v) is 5.38. The number of nitrogens with one attached hydrogen (secondary N) is 1. The maximum absolute atomic E-state index is 12.4. The number of amides is 4. The highest BCUT2D eigenvalue weighted by Crippen LogP contribution is 2.33. The summed E-state index contributed by atoms with van der Waals surface area (Å²) in [5, 5.41) is 4.18. The molecule has 2 aliphatic heterocycles. The number of ether oxygens (including phenoxy) is 1. The van der Waals surface area contributed by atoms with E-state index in [0.29, 0.717) is 38.4 Å². The largest absolute Gasteiger partial charge is 0.444 e. The topological polar surface area (TPSA) is 95.1 Å². The molecule has 0 saturated carbocycles. The molecule has 37 heavy (non-hydrogen) atoms. The van der Waals surface area contributed by atoms with E-state index in [1.165, 1.54) is 0 Å². The minimum atomic E-state index is -0.517. The van der Waals surface area contributed by atoms with Crippen LogP contribution in [0.3, 0.4) is 0 Å². The molecule has 1 aromatic carbocycles. The lowest BCUT2D eigenvalue weighted by Gasteiger charge is -2.37. The minimum Gasteiger partial charge on any atom is -0.444 e. The molecule has 0 unspecified atom stereocenters. The second kappa shape index (κ2) is 15.0. The molecule has 4 amide bonds. The van der Waals surface area contributed by atoms with E-state index in [1.54, 1.807) is 22.2 Å². The van der Waals surface area contributed by atoms with Crippen LogP contribution < -0.4 is 15.1 Å². The van der Waals surface area contributed by atoms with E-state index < -0.39 is 11.6 Å². The van der Waals surface area contributed by atoms with E-state index in [1.807, 2.05) is 80.5 Å². The Kier molecular flexibility index (Phi) is 12.9. The molecule has 206 valence electrons. The van der Waals surface area contributed by atoms with Crippen LogP contribution in [-0.2, 0) is 9.53 Å². The molecule has 2 aliphatic rings. The Bertz CT molecular complexity index is 1030. The second-order valence-electron chi connectivity index (χ2n) is 8.74. The van der Waals surface area contributed by atoms with Crippen molar-refractivity contribution >= 4 is 40.2 Å². The van der Waals surface area contributed by atoms with Gasteiger partial charge in [-0.05, 0) is 26.8 Å². The SMILES string of the molecule is CC.CC.CC.CC(C)(C)OC(=O)N1CCN(c2cccc3c(N4CCC(=O)NC4=O)cncc23)CC1. The van der Waals surface area contributed by atoms with Crippen LogP contribution in [0.15, 0.2) is 30.6 Å². The number of piperazine rings is 1. The zero-order valence-electron chi connectivity index (χ0n) is 24.1. The maximum Gasteiger partial charge on any atom is 0.410 e. The Morgan fingerprint density at radius 3 is 2.05 bits per heavy atom. The quantitative estimate of drug-likeness (QED) is 0.542. The number of imide groups is 1. The number of pyridine rings is 1. The average molecular weight is 516 g/mol. The number of aromatic nitrogens is 1.